The zero-order valence-corrected chi connectivity index (χ0v) is 16.1. The van der Waals surface area contributed by atoms with E-state index in [9.17, 15) is 5.11 Å². The number of methoxy groups -OCH3 is 1. The monoisotopic (exact) mass is 366 g/mol. The van der Waals surface area contributed by atoms with Gasteiger partial charge in [-0.2, -0.15) is 0 Å². The molecule has 27 heavy (non-hydrogen) atoms. The van der Waals surface area contributed by atoms with Crippen molar-refractivity contribution in [2.45, 2.75) is 19.0 Å². The molecule has 1 aliphatic heterocycles. The maximum atomic E-state index is 9.49. The minimum atomic E-state index is 0.242. The van der Waals surface area contributed by atoms with E-state index in [1.807, 2.05) is 12.1 Å². The number of aliphatic hydroxyl groups excluding tert-OH is 1. The van der Waals surface area contributed by atoms with E-state index in [-0.39, 0.29) is 6.61 Å². The summed E-state index contributed by atoms with van der Waals surface area (Å²) in [6.07, 6.45) is 5.22. The third kappa shape index (κ3) is 5.93. The second-order valence-corrected chi connectivity index (χ2v) is 7.06. The van der Waals surface area contributed by atoms with Crippen LogP contribution in [-0.2, 0) is 6.54 Å². The molecular weight excluding hydrogens is 336 g/mol. The van der Waals surface area contributed by atoms with Crippen molar-refractivity contribution in [2.24, 2.45) is 0 Å². The molecule has 1 fully saturated rings. The Balaban J connectivity index is 1.53. The number of hydrogen-bond donors (Lipinski definition) is 1. The summed E-state index contributed by atoms with van der Waals surface area (Å²) in [5, 5.41) is 9.49. The molecule has 0 amide bonds. The van der Waals surface area contributed by atoms with Crippen molar-refractivity contribution in [3.63, 3.8) is 0 Å². The van der Waals surface area contributed by atoms with Crippen LogP contribution in [0.15, 0.2) is 60.7 Å². The standard InChI is InChI=1S/C23H30N2O2/c1-27-23-11-9-20(10-12-23)8-5-14-24-15-16-25(22(19-24)13-17-26)18-21-6-3-2-4-7-21/h2-12,22,26H,13-19H2,1H3. The first-order chi connectivity index (χ1) is 13.3. The summed E-state index contributed by atoms with van der Waals surface area (Å²) in [6.45, 7) is 5.23. The SMILES string of the molecule is COc1ccc(C=CCN2CCN(Cc3ccccc3)C(CCO)C2)cc1. The van der Waals surface area contributed by atoms with E-state index in [2.05, 4.69) is 64.4 Å². The summed E-state index contributed by atoms with van der Waals surface area (Å²) in [7, 11) is 1.69. The first-order valence-electron chi connectivity index (χ1n) is 9.70. The molecule has 4 nitrogen and oxygen atoms in total. The fourth-order valence-corrected chi connectivity index (χ4v) is 3.62. The van der Waals surface area contributed by atoms with E-state index >= 15 is 0 Å². The summed E-state index contributed by atoms with van der Waals surface area (Å²) < 4.78 is 5.20. The van der Waals surface area contributed by atoms with Crippen molar-refractivity contribution in [1.29, 1.82) is 0 Å². The zero-order chi connectivity index (χ0) is 18.9. The molecule has 0 bridgehead atoms. The fourth-order valence-electron chi connectivity index (χ4n) is 3.62. The molecule has 0 spiro atoms. The quantitative estimate of drug-likeness (QED) is 0.778. The third-order valence-electron chi connectivity index (χ3n) is 5.17. The van der Waals surface area contributed by atoms with Crippen molar-refractivity contribution in [2.75, 3.05) is 39.9 Å². The van der Waals surface area contributed by atoms with Crippen LogP contribution in [0.2, 0.25) is 0 Å². The summed E-state index contributed by atoms with van der Waals surface area (Å²) in [6, 6.07) is 19.1. The van der Waals surface area contributed by atoms with Crippen LogP contribution < -0.4 is 4.74 Å². The van der Waals surface area contributed by atoms with Crippen LogP contribution in [0.3, 0.4) is 0 Å². The Hall–Kier alpha value is -2.14. The molecule has 1 unspecified atom stereocenters. The molecule has 2 aromatic carbocycles. The summed E-state index contributed by atoms with van der Waals surface area (Å²) >= 11 is 0. The lowest BCUT2D eigenvalue weighted by Gasteiger charge is -2.41. The minimum absolute atomic E-state index is 0.242. The van der Waals surface area contributed by atoms with Gasteiger partial charge in [0, 0.05) is 45.4 Å². The Morgan fingerprint density at radius 1 is 1.07 bits per heavy atom. The van der Waals surface area contributed by atoms with Crippen LogP contribution in [0, 0.1) is 0 Å². The molecule has 3 rings (SSSR count). The zero-order valence-electron chi connectivity index (χ0n) is 16.1. The Bertz CT molecular complexity index is 700. The van der Waals surface area contributed by atoms with Gasteiger partial charge < -0.3 is 9.84 Å². The highest BCUT2D eigenvalue weighted by Gasteiger charge is 2.25. The van der Waals surface area contributed by atoms with E-state index in [1.165, 1.54) is 11.1 Å². The molecule has 1 heterocycles. The second-order valence-electron chi connectivity index (χ2n) is 7.06. The highest BCUT2D eigenvalue weighted by atomic mass is 16.5. The molecule has 144 valence electrons. The number of piperazine rings is 1. The highest BCUT2D eigenvalue weighted by molar-refractivity contribution is 5.50. The summed E-state index contributed by atoms with van der Waals surface area (Å²) in [5.74, 6) is 0.883. The Morgan fingerprint density at radius 3 is 2.56 bits per heavy atom. The van der Waals surface area contributed by atoms with Crippen LogP contribution >= 0.6 is 0 Å². The molecule has 1 aliphatic rings. The van der Waals surface area contributed by atoms with E-state index in [1.54, 1.807) is 7.11 Å². The van der Waals surface area contributed by atoms with Gasteiger partial charge in [0.2, 0.25) is 0 Å². The van der Waals surface area contributed by atoms with E-state index in [4.69, 9.17) is 4.74 Å². The summed E-state index contributed by atoms with van der Waals surface area (Å²) in [4.78, 5) is 4.98. The van der Waals surface area contributed by atoms with Crippen LogP contribution in [0.25, 0.3) is 6.08 Å². The molecule has 1 saturated heterocycles. The average molecular weight is 367 g/mol. The number of hydrogen-bond acceptors (Lipinski definition) is 4. The fraction of sp³-hybridized carbons (Fsp3) is 0.391. The van der Waals surface area contributed by atoms with Crippen LogP contribution in [0.1, 0.15) is 17.5 Å². The van der Waals surface area contributed by atoms with Crippen molar-refractivity contribution >= 4 is 6.08 Å². The minimum Gasteiger partial charge on any atom is -0.497 e. The van der Waals surface area contributed by atoms with Crippen LogP contribution in [0.5, 0.6) is 5.75 Å². The first-order valence-corrected chi connectivity index (χ1v) is 9.70. The number of nitrogens with zero attached hydrogens (tertiary/aromatic N) is 2. The molecular formula is C23H30N2O2. The molecule has 0 aromatic heterocycles. The van der Waals surface area contributed by atoms with Crippen molar-refractivity contribution in [3.05, 3.63) is 71.8 Å². The van der Waals surface area contributed by atoms with Gasteiger partial charge in [-0.1, -0.05) is 54.6 Å². The van der Waals surface area contributed by atoms with Crippen molar-refractivity contribution in [3.8, 4) is 5.75 Å². The third-order valence-corrected chi connectivity index (χ3v) is 5.17. The normalized spacial score (nSPS) is 18.8. The van der Waals surface area contributed by atoms with Crippen molar-refractivity contribution < 1.29 is 9.84 Å². The smallest absolute Gasteiger partial charge is 0.118 e. The predicted molar refractivity (Wildman–Crippen MR) is 111 cm³/mol. The average Bonchev–Trinajstić information content (AvgIpc) is 2.71. The van der Waals surface area contributed by atoms with Gasteiger partial charge in [0.1, 0.15) is 5.75 Å². The van der Waals surface area contributed by atoms with Gasteiger partial charge in [-0.05, 0) is 29.7 Å². The van der Waals surface area contributed by atoms with Crippen molar-refractivity contribution in [1.82, 2.24) is 9.80 Å². The van der Waals surface area contributed by atoms with E-state index in [0.29, 0.717) is 6.04 Å². The largest absolute Gasteiger partial charge is 0.497 e. The first kappa shape index (κ1) is 19.6. The Kier molecular flexibility index (Phi) is 7.45. The lowest BCUT2D eigenvalue weighted by Crippen LogP contribution is -2.52. The lowest BCUT2D eigenvalue weighted by molar-refractivity contribution is 0.0597. The van der Waals surface area contributed by atoms with Gasteiger partial charge in [-0.15, -0.1) is 0 Å². The summed E-state index contributed by atoms with van der Waals surface area (Å²) in [5.41, 5.74) is 2.53. The maximum absolute atomic E-state index is 9.49. The van der Waals surface area contributed by atoms with Gasteiger partial charge in [0.05, 0.1) is 7.11 Å². The number of rotatable bonds is 8. The van der Waals surface area contributed by atoms with E-state index < -0.39 is 0 Å². The molecule has 1 atom stereocenters. The highest BCUT2D eigenvalue weighted by Crippen LogP contribution is 2.17. The maximum Gasteiger partial charge on any atom is 0.118 e. The number of benzene rings is 2. The van der Waals surface area contributed by atoms with Crippen LogP contribution in [-0.4, -0.2) is 60.8 Å². The van der Waals surface area contributed by atoms with Gasteiger partial charge in [-0.3, -0.25) is 9.80 Å². The number of aliphatic hydroxyl groups is 1. The topological polar surface area (TPSA) is 35.9 Å². The predicted octanol–water partition coefficient (Wildman–Crippen LogP) is 3.28. The molecule has 1 N–H and O–H groups in total. The molecule has 2 aromatic rings. The van der Waals surface area contributed by atoms with Gasteiger partial charge in [-0.25, -0.2) is 0 Å². The number of ether oxygens (including phenoxy) is 1. The molecule has 0 radical (unpaired) electrons. The lowest BCUT2D eigenvalue weighted by atomic mass is 10.1. The Labute approximate surface area is 162 Å². The molecule has 0 saturated carbocycles. The molecule has 4 heteroatoms. The Morgan fingerprint density at radius 2 is 1.85 bits per heavy atom. The van der Waals surface area contributed by atoms with E-state index in [0.717, 1.165) is 44.9 Å². The van der Waals surface area contributed by atoms with Gasteiger partial charge in [0.25, 0.3) is 0 Å². The van der Waals surface area contributed by atoms with Gasteiger partial charge >= 0.3 is 0 Å². The van der Waals surface area contributed by atoms with Gasteiger partial charge in [0.15, 0.2) is 0 Å². The molecule has 0 aliphatic carbocycles. The second kappa shape index (κ2) is 10.3. The van der Waals surface area contributed by atoms with Crippen LogP contribution in [0.4, 0.5) is 0 Å².